The zero-order valence-electron chi connectivity index (χ0n) is 31.6. The number of fused-ring (bicyclic) bond motifs is 2. The SMILES string of the molecule is Brc1cnc2[nH]c(-c3ccc(OCCNCCN4CCOCC4)cc3)nc2c1.COc1ccccc1CNCCOc1ccc(-c2nc3cc(Br)cnc3[nH]2)cc1. The van der Waals surface area contributed by atoms with E-state index in [1.165, 1.54) is 0 Å². The molecule has 57 heavy (non-hydrogen) atoms. The third-order valence-corrected chi connectivity index (χ3v) is 10.0. The fraction of sp³-hybridized carbons (Fsp3) is 0.286. The third kappa shape index (κ3) is 11.6. The van der Waals surface area contributed by atoms with E-state index in [1.807, 2.05) is 78.9 Å². The van der Waals surface area contributed by atoms with E-state index in [-0.39, 0.29) is 0 Å². The van der Waals surface area contributed by atoms with Crippen LogP contribution < -0.4 is 24.8 Å². The van der Waals surface area contributed by atoms with Crippen LogP contribution in [-0.2, 0) is 11.3 Å². The molecule has 3 aromatic carbocycles. The number of aromatic amines is 2. The van der Waals surface area contributed by atoms with E-state index < -0.39 is 0 Å². The quantitative estimate of drug-likeness (QED) is 0.0728. The van der Waals surface area contributed by atoms with Crippen LogP contribution in [0.4, 0.5) is 0 Å². The Kier molecular flexibility index (Phi) is 14.5. The van der Waals surface area contributed by atoms with Crippen molar-refractivity contribution < 1.29 is 18.9 Å². The van der Waals surface area contributed by atoms with Crippen molar-refractivity contribution in [1.82, 2.24) is 45.4 Å². The Morgan fingerprint density at radius 1 is 0.702 bits per heavy atom. The van der Waals surface area contributed by atoms with E-state index in [2.05, 4.69) is 83.4 Å². The molecule has 0 aliphatic carbocycles. The summed E-state index contributed by atoms with van der Waals surface area (Å²) in [5, 5.41) is 6.80. The monoisotopic (exact) mass is 897 g/mol. The number of benzene rings is 3. The standard InChI is InChI=1S/C22H21BrN4O2.C20H24BrN5O2/c1-28-20-5-3-2-4-16(20)13-24-10-11-29-18-8-6-15(7-9-18)21-26-19-12-17(23)14-25-22(19)27-21;21-16-13-18-20(23-14-16)25-19(24-18)15-1-3-17(4-2-15)28-10-6-22-5-7-26-8-11-27-12-9-26/h2-9,12,14,24H,10-11,13H2,1H3,(H,25,26,27);1-4,13-14,22H,5-12H2,(H,23,24,25). The molecule has 0 bridgehead atoms. The maximum atomic E-state index is 5.82. The van der Waals surface area contributed by atoms with Gasteiger partial charge in [-0.3, -0.25) is 4.90 Å². The molecule has 296 valence electrons. The molecule has 1 aliphatic rings. The number of methoxy groups -OCH3 is 1. The molecule has 15 heteroatoms. The second-order valence-corrected chi connectivity index (χ2v) is 15.0. The molecule has 0 unspecified atom stereocenters. The summed E-state index contributed by atoms with van der Waals surface area (Å²) in [6.07, 6.45) is 3.51. The molecular formula is C42H45Br2N9O4. The zero-order chi connectivity index (χ0) is 39.2. The minimum Gasteiger partial charge on any atom is -0.496 e. The van der Waals surface area contributed by atoms with Crippen molar-refractivity contribution in [3.63, 3.8) is 0 Å². The molecule has 0 spiro atoms. The summed E-state index contributed by atoms with van der Waals surface area (Å²) in [5.41, 5.74) is 6.34. The first-order valence-corrected chi connectivity index (χ1v) is 20.4. The lowest BCUT2D eigenvalue weighted by atomic mass is 10.2. The maximum Gasteiger partial charge on any atom is 0.157 e. The topological polar surface area (TPSA) is 147 Å². The summed E-state index contributed by atoms with van der Waals surface area (Å²) >= 11 is 6.84. The summed E-state index contributed by atoms with van der Waals surface area (Å²) in [4.78, 5) is 26.8. The number of hydrogen-bond donors (Lipinski definition) is 4. The van der Waals surface area contributed by atoms with Crippen molar-refractivity contribution in [2.45, 2.75) is 6.54 Å². The molecule has 8 rings (SSSR count). The van der Waals surface area contributed by atoms with Gasteiger partial charge in [0.25, 0.3) is 0 Å². The smallest absolute Gasteiger partial charge is 0.157 e. The summed E-state index contributed by atoms with van der Waals surface area (Å²) in [7, 11) is 1.69. The average Bonchev–Trinajstić information content (AvgIpc) is 3.87. The van der Waals surface area contributed by atoms with Crippen molar-refractivity contribution in [1.29, 1.82) is 0 Å². The fourth-order valence-corrected chi connectivity index (χ4v) is 6.81. The highest BCUT2D eigenvalue weighted by Crippen LogP contribution is 2.25. The van der Waals surface area contributed by atoms with Crippen LogP contribution in [0.25, 0.3) is 45.1 Å². The first-order chi connectivity index (χ1) is 28.0. The molecular weight excluding hydrogens is 854 g/mol. The number of hydrogen-bond acceptors (Lipinski definition) is 11. The van der Waals surface area contributed by atoms with Crippen molar-refractivity contribution in [2.24, 2.45) is 0 Å². The maximum absolute atomic E-state index is 5.82. The van der Waals surface area contributed by atoms with Gasteiger partial charge in [-0.05, 0) is 98.6 Å². The number of imidazole rings is 2. The van der Waals surface area contributed by atoms with E-state index in [0.717, 1.165) is 136 Å². The number of morpholine rings is 1. The highest BCUT2D eigenvalue weighted by Gasteiger charge is 2.10. The van der Waals surface area contributed by atoms with E-state index in [0.29, 0.717) is 13.2 Å². The molecule has 1 aliphatic heterocycles. The minimum atomic E-state index is 0.580. The van der Waals surface area contributed by atoms with E-state index in [9.17, 15) is 0 Å². The normalized spacial score (nSPS) is 13.0. The molecule has 5 heterocycles. The van der Waals surface area contributed by atoms with Crippen molar-refractivity contribution in [3.8, 4) is 40.0 Å². The number of ether oxygens (including phenoxy) is 4. The molecule has 13 nitrogen and oxygen atoms in total. The predicted molar refractivity (Wildman–Crippen MR) is 230 cm³/mol. The molecule has 0 amide bonds. The summed E-state index contributed by atoms with van der Waals surface area (Å²) in [6, 6.07) is 27.7. The van der Waals surface area contributed by atoms with Gasteiger partial charge >= 0.3 is 0 Å². The number of pyridine rings is 2. The number of H-pyrrole nitrogens is 2. The highest BCUT2D eigenvalue weighted by atomic mass is 79.9. The number of aromatic nitrogens is 6. The molecule has 0 atom stereocenters. The van der Waals surface area contributed by atoms with Crippen LogP contribution in [-0.4, -0.2) is 108 Å². The lowest BCUT2D eigenvalue weighted by molar-refractivity contribution is 0.0383. The van der Waals surface area contributed by atoms with Crippen LogP contribution in [0.5, 0.6) is 17.2 Å². The van der Waals surface area contributed by atoms with Gasteiger partial charge in [0, 0.05) is 83.8 Å². The molecule has 0 saturated carbocycles. The van der Waals surface area contributed by atoms with Gasteiger partial charge < -0.3 is 39.5 Å². The van der Waals surface area contributed by atoms with Crippen LogP contribution in [0.15, 0.2) is 106 Å². The predicted octanol–water partition coefficient (Wildman–Crippen LogP) is 7.25. The first-order valence-electron chi connectivity index (χ1n) is 18.8. The highest BCUT2D eigenvalue weighted by molar-refractivity contribution is 9.10. The number of rotatable bonds is 16. The van der Waals surface area contributed by atoms with Crippen molar-refractivity contribution in [2.75, 3.05) is 72.8 Å². The van der Waals surface area contributed by atoms with Gasteiger partial charge in [-0.1, -0.05) is 18.2 Å². The molecule has 7 aromatic rings. The Hall–Kier alpha value is -4.90. The summed E-state index contributed by atoms with van der Waals surface area (Å²) < 4.78 is 24.2. The van der Waals surface area contributed by atoms with Crippen molar-refractivity contribution in [3.05, 3.63) is 112 Å². The molecule has 4 N–H and O–H groups in total. The molecule has 4 aromatic heterocycles. The fourth-order valence-electron chi connectivity index (χ4n) is 6.17. The Bertz CT molecular complexity index is 2310. The number of nitrogens with zero attached hydrogens (tertiary/aromatic N) is 5. The van der Waals surface area contributed by atoms with E-state index >= 15 is 0 Å². The van der Waals surface area contributed by atoms with Gasteiger partial charge in [0.15, 0.2) is 11.3 Å². The van der Waals surface area contributed by atoms with E-state index in [4.69, 9.17) is 18.9 Å². The largest absolute Gasteiger partial charge is 0.496 e. The van der Waals surface area contributed by atoms with Crippen LogP contribution in [0, 0.1) is 0 Å². The van der Waals surface area contributed by atoms with Gasteiger partial charge in [0.1, 0.15) is 53.1 Å². The van der Waals surface area contributed by atoms with E-state index in [1.54, 1.807) is 19.5 Å². The van der Waals surface area contributed by atoms with Crippen LogP contribution in [0.3, 0.4) is 0 Å². The van der Waals surface area contributed by atoms with Crippen molar-refractivity contribution >= 4 is 54.2 Å². The number of halogens is 2. The Labute approximate surface area is 348 Å². The first kappa shape index (κ1) is 40.3. The van der Waals surface area contributed by atoms with Gasteiger partial charge in [-0.15, -0.1) is 0 Å². The average molecular weight is 900 g/mol. The minimum absolute atomic E-state index is 0.580. The number of para-hydroxylation sites is 1. The Morgan fingerprint density at radius 2 is 1.25 bits per heavy atom. The molecule has 0 radical (unpaired) electrons. The summed E-state index contributed by atoms with van der Waals surface area (Å²) in [5.74, 6) is 4.16. The van der Waals surface area contributed by atoms with Crippen LogP contribution in [0.1, 0.15) is 5.56 Å². The van der Waals surface area contributed by atoms with Gasteiger partial charge in [-0.2, -0.15) is 0 Å². The Balaban J connectivity index is 0.000000174. The van der Waals surface area contributed by atoms with Gasteiger partial charge in [-0.25, -0.2) is 19.9 Å². The van der Waals surface area contributed by atoms with Crippen LogP contribution >= 0.6 is 31.9 Å². The second kappa shape index (κ2) is 20.5. The third-order valence-electron chi connectivity index (χ3n) is 9.17. The molecule has 1 fully saturated rings. The lowest BCUT2D eigenvalue weighted by Crippen LogP contribution is -2.40. The summed E-state index contributed by atoms with van der Waals surface area (Å²) in [6.45, 7) is 9.32. The molecule has 1 saturated heterocycles. The van der Waals surface area contributed by atoms with Gasteiger partial charge in [0.05, 0.1) is 20.3 Å². The number of nitrogens with one attached hydrogen (secondary N) is 4. The Morgan fingerprint density at radius 3 is 1.81 bits per heavy atom. The van der Waals surface area contributed by atoms with Gasteiger partial charge in [0.2, 0.25) is 0 Å². The lowest BCUT2D eigenvalue weighted by Gasteiger charge is -2.26. The van der Waals surface area contributed by atoms with Crippen LogP contribution in [0.2, 0.25) is 0 Å². The second-order valence-electron chi connectivity index (χ2n) is 13.2. The zero-order valence-corrected chi connectivity index (χ0v) is 34.8.